The third-order valence-corrected chi connectivity index (χ3v) is 5.96. The van der Waals surface area contributed by atoms with Crippen LogP contribution in [0.4, 0.5) is 0 Å². The molecule has 3 rings (SSSR count). The van der Waals surface area contributed by atoms with E-state index in [0.29, 0.717) is 24.2 Å². The van der Waals surface area contributed by atoms with Crippen molar-refractivity contribution in [3.8, 4) is 0 Å². The first-order chi connectivity index (χ1) is 11.7. The highest BCUT2D eigenvalue weighted by atomic mass is 35.5. The molecule has 1 aliphatic carbocycles. The van der Waals surface area contributed by atoms with Gasteiger partial charge in [0, 0.05) is 19.5 Å². The Bertz CT molecular complexity index is 512. The van der Waals surface area contributed by atoms with Crippen molar-refractivity contribution in [3.05, 3.63) is 35.9 Å². The summed E-state index contributed by atoms with van der Waals surface area (Å²) in [7, 11) is 0. The van der Waals surface area contributed by atoms with Crippen LogP contribution in [0.5, 0.6) is 0 Å². The number of piperidine rings is 1. The van der Waals surface area contributed by atoms with Crippen LogP contribution in [0.2, 0.25) is 0 Å². The van der Waals surface area contributed by atoms with Gasteiger partial charge in [0.1, 0.15) is 0 Å². The number of carbonyl (C=O) groups is 1. The SMILES string of the molecule is CC(CC(=O)N(Cc1ccccc1)CC1CCC1)C1CCNCC1.Cl. The molecule has 140 valence electrons. The van der Waals surface area contributed by atoms with Crippen LogP contribution in [0.1, 0.15) is 51.0 Å². The van der Waals surface area contributed by atoms with Crippen LogP contribution >= 0.6 is 12.4 Å². The third kappa shape index (κ3) is 6.00. The number of amides is 1. The molecule has 0 radical (unpaired) electrons. The molecule has 3 nitrogen and oxygen atoms in total. The van der Waals surface area contributed by atoms with Gasteiger partial charge in [-0.15, -0.1) is 12.4 Å². The summed E-state index contributed by atoms with van der Waals surface area (Å²) in [5.74, 6) is 2.29. The van der Waals surface area contributed by atoms with E-state index < -0.39 is 0 Å². The molecule has 1 aliphatic heterocycles. The predicted molar refractivity (Wildman–Crippen MR) is 106 cm³/mol. The van der Waals surface area contributed by atoms with Crippen LogP contribution in [-0.4, -0.2) is 30.4 Å². The van der Waals surface area contributed by atoms with E-state index >= 15 is 0 Å². The van der Waals surface area contributed by atoms with Gasteiger partial charge < -0.3 is 10.2 Å². The van der Waals surface area contributed by atoms with Crippen LogP contribution in [0, 0.1) is 17.8 Å². The number of nitrogens with one attached hydrogen (secondary N) is 1. The first-order valence-corrected chi connectivity index (χ1v) is 9.75. The van der Waals surface area contributed by atoms with Crippen molar-refractivity contribution in [1.82, 2.24) is 10.2 Å². The first-order valence-electron chi connectivity index (χ1n) is 9.75. The fourth-order valence-electron chi connectivity index (χ4n) is 4.03. The van der Waals surface area contributed by atoms with Gasteiger partial charge in [-0.05, 0) is 62.1 Å². The molecule has 2 fully saturated rings. The van der Waals surface area contributed by atoms with Gasteiger partial charge in [0.05, 0.1) is 0 Å². The second-order valence-corrected chi connectivity index (χ2v) is 7.83. The molecule has 1 saturated heterocycles. The Morgan fingerprint density at radius 1 is 1.16 bits per heavy atom. The summed E-state index contributed by atoms with van der Waals surface area (Å²) in [6.45, 7) is 6.22. The smallest absolute Gasteiger partial charge is 0.223 e. The van der Waals surface area contributed by atoms with Crippen molar-refractivity contribution in [2.24, 2.45) is 17.8 Å². The minimum absolute atomic E-state index is 0. The molecule has 1 aromatic rings. The van der Waals surface area contributed by atoms with Crippen LogP contribution in [0.3, 0.4) is 0 Å². The zero-order chi connectivity index (χ0) is 16.8. The van der Waals surface area contributed by atoms with Gasteiger partial charge in [-0.1, -0.05) is 43.7 Å². The molecule has 1 atom stereocenters. The Balaban J connectivity index is 0.00000225. The minimum Gasteiger partial charge on any atom is -0.338 e. The van der Waals surface area contributed by atoms with Crippen LogP contribution in [0.25, 0.3) is 0 Å². The Hall–Kier alpha value is -1.06. The van der Waals surface area contributed by atoms with E-state index in [0.717, 1.165) is 32.1 Å². The molecule has 1 saturated carbocycles. The Morgan fingerprint density at radius 3 is 2.44 bits per heavy atom. The molecular weight excluding hydrogens is 332 g/mol. The fourth-order valence-corrected chi connectivity index (χ4v) is 4.03. The number of hydrogen-bond donors (Lipinski definition) is 1. The normalized spacial score (nSPS) is 19.6. The minimum atomic E-state index is 0. The molecule has 1 amide bonds. The van der Waals surface area contributed by atoms with Gasteiger partial charge in [0.15, 0.2) is 0 Å². The topological polar surface area (TPSA) is 32.3 Å². The van der Waals surface area contributed by atoms with Crippen molar-refractivity contribution < 1.29 is 4.79 Å². The van der Waals surface area contributed by atoms with Crippen molar-refractivity contribution >= 4 is 18.3 Å². The molecule has 2 aliphatic rings. The van der Waals surface area contributed by atoms with E-state index in [1.54, 1.807) is 0 Å². The summed E-state index contributed by atoms with van der Waals surface area (Å²) in [6, 6.07) is 10.5. The highest BCUT2D eigenvalue weighted by molar-refractivity contribution is 5.85. The van der Waals surface area contributed by atoms with Crippen LogP contribution in [-0.2, 0) is 11.3 Å². The summed E-state index contributed by atoms with van der Waals surface area (Å²) in [4.78, 5) is 15.1. The van der Waals surface area contributed by atoms with Gasteiger partial charge in [-0.25, -0.2) is 0 Å². The van der Waals surface area contributed by atoms with Gasteiger partial charge >= 0.3 is 0 Å². The molecule has 1 aromatic carbocycles. The molecule has 1 unspecified atom stereocenters. The number of nitrogens with zero attached hydrogens (tertiary/aromatic N) is 1. The molecule has 25 heavy (non-hydrogen) atoms. The van der Waals surface area contributed by atoms with E-state index in [1.165, 1.54) is 37.7 Å². The lowest BCUT2D eigenvalue weighted by molar-refractivity contribution is -0.134. The van der Waals surface area contributed by atoms with E-state index in [1.807, 2.05) is 6.07 Å². The Morgan fingerprint density at radius 2 is 1.84 bits per heavy atom. The number of halogens is 1. The fraction of sp³-hybridized carbons (Fsp3) is 0.667. The average molecular weight is 365 g/mol. The van der Waals surface area contributed by atoms with E-state index in [2.05, 4.69) is 41.4 Å². The lowest BCUT2D eigenvalue weighted by Gasteiger charge is -2.34. The lowest BCUT2D eigenvalue weighted by atomic mass is 9.83. The van der Waals surface area contributed by atoms with Crippen LogP contribution in [0.15, 0.2) is 30.3 Å². The largest absolute Gasteiger partial charge is 0.338 e. The summed E-state index contributed by atoms with van der Waals surface area (Å²) < 4.78 is 0. The number of rotatable bonds is 7. The molecule has 1 N–H and O–H groups in total. The zero-order valence-electron chi connectivity index (χ0n) is 15.5. The standard InChI is InChI=1S/C21H32N2O.ClH/c1-17(20-10-12-22-13-11-20)14-21(24)23(16-19-8-5-9-19)15-18-6-3-2-4-7-18;/h2-4,6-7,17,19-20,22H,5,8-16H2,1H3;1H. The highest BCUT2D eigenvalue weighted by Crippen LogP contribution is 2.29. The average Bonchev–Trinajstić information content (AvgIpc) is 2.58. The van der Waals surface area contributed by atoms with Gasteiger partial charge in [-0.3, -0.25) is 4.79 Å². The summed E-state index contributed by atoms with van der Waals surface area (Å²) in [5, 5.41) is 3.42. The van der Waals surface area contributed by atoms with Crippen LogP contribution < -0.4 is 5.32 Å². The second kappa shape index (κ2) is 10.2. The Labute approximate surface area is 159 Å². The Kier molecular flexibility index (Phi) is 8.25. The summed E-state index contributed by atoms with van der Waals surface area (Å²) >= 11 is 0. The highest BCUT2D eigenvalue weighted by Gasteiger charge is 2.27. The van der Waals surface area contributed by atoms with Crippen molar-refractivity contribution in [2.45, 2.75) is 52.0 Å². The van der Waals surface area contributed by atoms with Gasteiger partial charge in [0.2, 0.25) is 5.91 Å². The van der Waals surface area contributed by atoms with E-state index in [-0.39, 0.29) is 12.4 Å². The molecule has 0 bridgehead atoms. The summed E-state index contributed by atoms with van der Waals surface area (Å²) in [6.07, 6.45) is 7.07. The second-order valence-electron chi connectivity index (χ2n) is 7.83. The quantitative estimate of drug-likeness (QED) is 0.783. The molecule has 1 heterocycles. The molecule has 0 aromatic heterocycles. The van der Waals surface area contributed by atoms with E-state index in [9.17, 15) is 4.79 Å². The maximum absolute atomic E-state index is 13.0. The molecular formula is C21H33ClN2O. The molecule has 4 heteroatoms. The molecule has 0 spiro atoms. The van der Waals surface area contributed by atoms with Crippen molar-refractivity contribution in [3.63, 3.8) is 0 Å². The van der Waals surface area contributed by atoms with Crippen molar-refractivity contribution in [1.29, 1.82) is 0 Å². The maximum Gasteiger partial charge on any atom is 0.223 e. The number of carbonyl (C=O) groups excluding carboxylic acids is 1. The van der Waals surface area contributed by atoms with E-state index in [4.69, 9.17) is 0 Å². The predicted octanol–water partition coefficient (Wildman–Crippen LogP) is 4.26. The maximum atomic E-state index is 13.0. The lowest BCUT2D eigenvalue weighted by Crippen LogP contribution is -2.39. The van der Waals surface area contributed by atoms with Crippen molar-refractivity contribution in [2.75, 3.05) is 19.6 Å². The zero-order valence-corrected chi connectivity index (χ0v) is 16.3. The monoisotopic (exact) mass is 364 g/mol. The number of benzene rings is 1. The summed E-state index contributed by atoms with van der Waals surface area (Å²) in [5.41, 5.74) is 1.25. The first kappa shape index (κ1) is 20.3. The third-order valence-electron chi connectivity index (χ3n) is 5.96. The van der Waals surface area contributed by atoms with Gasteiger partial charge in [0.25, 0.3) is 0 Å². The van der Waals surface area contributed by atoms with Gasteiger partial charge in [-0.2, -0.15) is 0 Å². The number of hydrogen-bond acceptors (Lipinski definition) is 2.